The van der Waals surface area contributed by atoms with Gasteiger partial charge in [-0.1, -0.05) is 17.7 Å². The van der Waals surface area contributed by atoms with Crippen molar-refractivity contribution in [3.63, 3.8) is 0 Å². The van der Waals surface area contributed by atoms with Gasteiger partial charge in [-0.2, -0.15) is 0 Å². The molecule has 18 heavy (non-hydrogen) atoms. The summed E-state index contributed by atoms with van der Waals surface area (Å²) >= 11 is 5.83. The molecule has 1 amide bonds. The number of amides is 1. The van der Waals surface area contributed by atoms with Crippen LogP contribution < -0.4 is 10.9 Å². The predicted octanol–water partition coefficient (Wildman–Crippen LogP) is 3.01. The lowest BCUT2D eigenvalue weighted by Crippen LogP contribution is -2.40. The maximum atomic E-state index is 12.8. The van der Waals surface area contributed by atoms with Gasteiger partial charge in [-0.25, -0.2) is 14.6 Å². The number of benzene rings is 1. The molecule has 0 heterocycles. The molecule has 1 aromatic rings. The maximum Gasteiger partial charge on any atom is 0.422 e. The molecule has 0 spiro atoms. The first-order chi connectivity index (χ1) is 8.28. The second-order valence-electron chi connectivity index (χ2n) is 4.72. The monoisotopic (exact) mass is 274 g/mol. The number of carbonyl (C=O) groups excluding carboxylic acids is 1. The van der Waals surface area contributed by atoms with Gasteiger partial charge in [-0.05, 0) is 38.5 Å². The van der Waals surface area contributed by atoms with Gasteiger partial charge in [0.15, 0.2) is 0 Å². The van der Waals surface area contributed by atoms with E-state index < -0.39 is 17.5 Å². The number of hydrogen-bond acceptors (Lipinski definition) is 3. The molecule has 0 bridgehead atoms. The van der Waals surface area contributed by atoms with E-state index in [1.54, 1.807) is 26.8 Å². The van der Waals surface area contributed by atoms with Crippen LogP contribution in [0, 0.1) is 5.82 Å². The molecule has 0 aliphatic rings. The normalized spacial score (nSPS) is 11.2. The van der Waals surface area contributed by atoms with E-state index in [2.05, 4.69) is 10.9 Å². The smallest absolute Gasteiger partial charge is 0.422 e. The zero-order chi connectivity index (χ0) is 13.8. The lowest BCUT2D eigenvalue weighted by atomic mass is 10.2. The van der Waals surface area contributed by atoms with E-state index >= 15 is 0 Å². The molecule has 0 saturated carbocycles. The van der Waals surface area contributed by atoms with Crippen molar-refractivity contribution >= 4 is 17.7 Å². The Balaban J connectivity index is 2.40. The van der Waals surface area contributed by atoms with Crippen LogP contribution in [-0.4, -0.2) is 11.7 Å². The number of hydrogen-bond donors (Lipinski definition) is 2. The Hall–Kier alpha value is -1.33. The van der Waals surface area contributed by atoms with E-state index in [0.29, 0.717) is 10.6 Å². The minimum atomic E-state index is -0.583. The molecule has 0 aromatic heterocycles. The average Bonchev–Trinajstić information content (AvgIpc) is 2.18. The van der Waals surface area contributed by atoms with Gasteiger partial charge in [-0.15, -0.1) is 0 Å². The molecule has 1 rings (SSSR count). The Kier molecular flexibility index (Phi) is 4.93. The van der Waals surface area contributed by atoms with Crippen molar-refractivity contribution in [3.05, 3.63) is 34.6 Å². The van der Waals surface area contributed by atoms with Gasteiger partial charge in [0.05, 0.1) is 0 Å². The fourth-order valence-electron chi connectivity index (χ4n) is 1.18. The third-order valence-electron chi connectivity index (χ3n) is 1.88. The highest BCUT2D eigenvalue weighted by Crippen LogP contribution is 2.16. The summed E-state index contributed by atoms with van der Waals surface area (Å²) in [6, 6.07) is 4.06. The third kappa shape index (κ3) is 5.33. The van der Waals surface area contributed by atoms with Crippen molar-refractivity contribution in [2.45, 2.75) is 32.9 Å². The predicted molar refractivity (Wildman–Crippen MR) is 67.6 cm³/mol. The summed E-state index contributed by atoms with van der Waals surface area (Å²) in [5, 5.41) is 0.300. The number of rotatable bonds is 3. The quantitative estimate of drug-likeness (QED) is 0.833. The van der Waals surface area contributed by atoms with Gasteiger partial charge >= 0.3 is 6.09 Å². The van der Waals surface area contributed by atoms with Gasteiger partial charge in [-0.3, -0.25) is 5.43 Å². The van der Waals surface area contributed by atoms with E-state index in [-0.39, 0.29) is 6.54 Å². The number of nitrogens with one attached hydrogen (secondary N) is 2. The van der Waals surface area contributed by atoms with Crippen LogP contribution in [0.3, 0.4) is 0 Å². The van der Waals surface area contributed by atoms with Crippen LogP contribution in [0.15, 0.2) is 18.2 Å². The van der Waals surface area contributed by atoms with Crippen molar-refractivity contribution in [3.8, 4) is 0 Å². The molecular weight excluding hydrogens is 259 g/mol. The minimum absolute atomic E-state index is 0.276. The molecule has 6 heteroatoms. The number of hydrazine groups is 1. The van der Waals surface area contributed by atoms with E-state index in [0.717, 1.165) is 0 Å². The van der Waals surface area contributed by atoms with Crippen LogP contribution in [0.4, 0.5) is 9.18 Å². The summed E-state index contributed by atoms with van der Waals surface area (Å²) < 4.78 is 17.8. The Labute approximate surface area is 110 Å². The first kappa shape index (κ1) is 14.7. The molecular formula is C12H16ClFN2O2. The molecule has 0 aliphatic carbocycles. The van der Waals surface area contributed by atoms with Crippen LogP contribution in [-0.2, 0) is 11.3 Å². The summed E-state index contributed by atoms with van der Waals surface area (Å²) in [6.07, 6.45) is -0.583. The highest BCUT2D eigenvalue weighted by molar-refractivity contribution is 6.31. The highest BCUT2D eigenvalue weighted by Gasteiger charge is 2.15. The summed E-state index contributed by atoms with van der Waals surface area (Å²) in [6.45, 7) is 5.58. The largest absolute Gasteiger partial charge is 0.443 e. The van der Waals surface area contributed by atoms with Crippen LogP contribution in [0.25, 0.3) is 0 Å². The van der Waals surface area contributed by atoms with Crippen LogP contribution in [0.2, 0.25) is 5.02 Å². The van der Waals surface area contributed by atoms with E-state index in [4.69, 9.17) is 16.3 Å². The zero-order valence-electron chi connectivity index (χ0n) is 10.5. The Morgan fingerprint density at radius 2 is 2.11 bits per heavy atom. The molecule has 0 fully saturated rings. The zero-order valence-corrected chi connectivity index (χ0v) is 11.3. The first-order valence-corrected chi connectivity index (χ1v) is 5.81. The Bertz CT molecular complexity index is 433. The molecule has 4 nitrogen and oxygen atoms in total. The van der Waals surface area contributed by atoms with E-state index in [9.17, 15) is 9.18 Å². The Morgan fingerprint density at radius 3 is 2.67 bits per heavy atom. The number of halogens is 2. The maximum absolute atomic E-state index is 12.8. The van der Waals surface area contributed by atoms with Crippen molar-refractivity contribution in [1.29, 1.82) is 0 Å². The summed E-state index contributed by atoms with van der Waals surface area (Å²) in [4.78, 5) is 11.3. The van der Waals surface area contributed by atoms with Gasteiger partial charge in [0.2, 0.25) is 0 Å². The van der Waals surface area contributed by atoms with E-state index in [1.165, 1.54) is 12.1 Å². The van der Waals surface area contributed by atoms with Crippen molar-refractivity contribution in [1.82, 2.24) is 10.9 Å². The topological polar surface area (TPSA) is 50.4 Å². The average molecular weight is 275 g/mol. The molecule has 0 radical (unpaired) electrons. The van der Waals surface area contributed by atoms with Crippen molar-refractivity contribution in [2.75, 3.05) is 0 Å². The van der Waals surface area contributed by atoms with Crippen LogP contribution >= 0.6 is 11.6 Å². The van der Waals surface area contributed by atoms with E-state index in [1.807, 2.05) is 0 Å². The first-order valence-electron chi connectivity index (χ1n) is 5.44. The summed E-state index contributed by atoms with van der Waals surface area (Å²) in [5.74, 6) is -0.399. The standard InChI is InChI=1S/C12H16ClFN2O2/c1-12(2,3)18-11(17)16-15-7-8-4-5-9(14)6-10(8)13/h4-6,15H,7H2,1-3H3,(H,16,17). The fourth-order valence-corrected chi connectivity index (χ4v) is 1.41. The van der Waals surface area contributed by atoms with Gasteiger partial charge < -0.3 is 4.74 Å². The lowest BCUT2D eigenvalue weighted by molar-refractivity contribution is 0.0497. The molecule has 100 valence electrons. The van der Waals surface area contributed by atoms with Crippen molar-refractivity contribution in [2.24, 2.45) is 0 Å². The SMILES string of the molecule is CC(C)(C)OC(=O)NNCc1ccc(F)cc1Cl. The summed E-state index contributed by atoms with van der Waals surface area (Å²) in [5.41, 5.74) is 5.14. The second kappa shape index (κ2) is 6.02. The van der Waals surface area contributed by atoms with Crippen LogP contribution in [0.1, 0.15) is 26.3 Å². The molecule has 0 unspecified atom stereocenters. The van der Waals surface area contributed by atoms with Gasteiger partial charge in [0.1, 0.15) is 11.4 Å². The number of ether oxygens (including phenoxy) is 1. The van der Waals surface area contributed by atoms with Crippen molar-refractivity contribution < 1.29 is 13.9 Å². The number of carbonyl (C=O) groups is 1. The molecule has 2 N–H and O–H groups in total. The van der Waals surface area contributed by atoms with Crippen LogP contribution in [0.5, 0.6) is 0 Å². The minimum Gasteiger partial charge on any atom is -0.443 e. The lowest BCUT2D eigenvalue weighted by Gasteiger charge is -2.19. The third-order valence-corrected chi connectivity index (χ3v) is 2.24. The molecule has 0 saturated heterocycles. The molecule has 1 aromatic carbocycles. The fraction of sp³-hybridized carbons (Fsp3) is 0.417. The highest BCUT2D eigenvalue weighted by atomic mass is 35.5. The summed E-state index contributed by atoms with van der Waals surface area (Å²) in [7, 11) is 0. The van der Waals surface area contributed by atoms with Gasteiger partial charge in [0.25, 0.3) is 0 Å². The van der Waals surface area contributed by atoms with Gasteiger partial charge in [0, 0.05) is 11.6 Å². The Morgan fingerprint density at radius 1 is 1.44 bits per heavy atom. The molecule has 0 aliphatic heterocycles. The second-order valence-corrected chi connectivity index (χ2v) is 5.12. The molecule has 0 atom stereocenters.